The minimum absolute atomic E-state index is 0.0156. The molecule has 1 aliphatic rings. The largest absolute Gasteiger partial charge is 0.335 e. The Kier molecular flexibility index (Phi) is 6.70. The van der Waals surface area contributed by atoms with Crippen molar-refractivity contribution in [2.24, 2.45) is 0 Å². The topological polar surface area (TPSA) is 61.6 Å². The van der Waals surface area contributed by atoms with Gasteiger partial charge in [0.1, 0.15) is 0 Å². The van der Waals surface area contributed by atoms with E-state index in [1.165, 1.54) is 9.87 Å². The van der Waals surface area contributed by atoms with Crippen LogP contribution in [0.15, 0.2) is 47.6 Å². The van der Waals surface area contributed by atoms with Crippen LogP contribution in [0.5, 0.6) is 0 Å². The number of rotatable bonds is 6. The van der Waals surface area contributed by atoms with Crippen molar-refractivity contribution in [3.05, 3.63) is 59.4 Å². The summed E-state index contributed by atoms with van der Waals surface area (Å²) in [4.78, 5) is 14.7. The lowest BCUT2D eigenvalue weighted by Crippen LogP contribution is -2.53. The summed E-state index contributed by atoms with van der Waals surface area (Å²) < 4.78 is 29.3. The van der Waals surface area contributed by atoms with Crippen LogP contribution < -0.4 is 4.57 Å². The Labute approximate surface area is 173 Å². The van der Waals surface area contributed by atoms with E-state index in [1.807, 2.05) is 55.1 Å². The van der Waals surface area contributed by atoms with Crippen LogP contribution in [0.2, 0.25) is 0 Å². The summed E-state index contributed by atoms with van der Waals surface area (Å²) in [5, 5.41) is 0. The molecule has 0 spiro atoms. The van der Waals surface area contributed by atoms with E-state index in [1.54, 1.807) is 11.0 Å². The molecule has 1 aromatic heterocycles. The summed E-state index contributed by atoms with van der Waals surface area (Å²) in [5.41, 5.74) is 3.06. The fourth-order valence-electron chi connectivity index (χ4n) is 3.71. The molecule has 1 fully saturated rings. The van der Waals surface area contributed by atoms with Gasteiger partial charge in [-0.2, -0.15) is 8.87 Å². The van der Waals surface area contributed by atoms with E-state index in [0.29, 0.717) is 31.1 Å². The van der Waals surface area contributed by atoms with E-state index < -0.39 is 10.0 Å². The molecule has 0 saturated carbocycles. The fourth-order valence-corrected chi connectivity index (χ4v) is 5.34. The number of hydrogen-bond acceptors (Lipinski definition) is 3. The van der Waals surface area contributed by atoms with Crippen molar-refractivity contribution in [2.75, 3.05) is 26.2 Å². The molecular formula is C22H30N3O3S+. The minimum Gasteiger partial charge on any atom is -0.335 e. The van der Waals surface area contributed by atoms with Gasteiger partial charge in [-0.1, -0.05) is 31.0 Å². The van der Waals surface area contributed by atoms with Crippen molar-refractivity contribution in [1.29, 1.82) is 0 Å². The molecule has 0 bridgehead atoms. The highest BCUT2D eigenvalue weighted by atomic mass is 32.2. The number of aromatic nitrogens is 1. The second-order valence-corrected chi connectivity index (χ2v) is 9.59. The second-order valence-electron chi connectivity index (χ2n) is 7.68. The number of piperazine rings is 1. The smallest absolute Gasteiger partial charge is 0.288 e. The van der Waals surface area contributed by atoms with Crippen LogP contribution in [0, 0.1) is 13.8 Å². The van der Waals surface area contributed by atoms with Crippen LogP contribution in [0.3, 0.4) is 0 Å². The lowest BCUT2D eigenvalue weighted by Gasteiger charge is -2.33. The third-order valence-corrected chi connectivity index (χ3v) is 7.42. The van der Waals surface area contributed by atoms with Gasteiger partial charge in [0, 0.05) is 38.3 Å². The molecule has 0 aliphatic carbocycles. The quantitative estimate of drug-likeness (QED) is 0.678. The number of carbonyl (C=O) groups excluding carboxylic acids is 1. The molecule has 6 nitrogen and oxygen atoms in total. The predicted octanol–water partition coefficient (Wildman–Crippen LogP) is 2.08. The van der Waals surface area contributed by atoms with Crippen molar-refractivity contribution >= 4 is 15.9 Å². The van der Waals surface area contributed by atoms with Gasteiger partial charge in [0.25, 0.3) is 5.91 Å². The first-order chi connectivity index (χ1) is 13.8. The van der Waals surface area contributed by atoms with Gasteiger partial charge in [0.15, 0.2) is 12.4 Å². The predicted molar refractivity (Wildman–Crippen MR) is 112 cm³/mol. The molecule has 7 heteroatoms. The monoisotopic (exact) mass is 416 g/mol. The van der Waals surface area contributed by atoms with Gasteiger partial charge in [-0.25, -0.2) is 8.42 Å². The van der Waals surface area contributed by atoms with Crippen molar-refractivity contribution in [3.63, 3.8) is 0 Å². The van der Waals surface area contributed by atoms with E-state index in [0.717, 1.165) is 24.0 Å². The number of pyridine rings is 1. The van der Waals surface area contributed by atoms with Gasteiger partial charge in [-0.05, 0) is 37.5 Å². The van der Waals surface area contributed by atoms with Crippen LogP contribution in [-0.4, -0.2) is 49.7 Å². The van der Waals surface area contributed by atoms with Crippen LogP contribution in [0.25, 0.3) is 0 Å². The van der Waals surface area contributed by atoms with E-state index >= 15 is 0 Å². The summed E-state index contributed by atoms with van der Waals surface area (Å²) in [7, 11) is -3.54. The van der Waals surface area contributed by atoms with E-state index in [9.17, 15) is 13.2 Å². The lowest BCUT2D eigenvalue weighted by atomic mass is 10.1. The highest BCUT2D eigenvalue weighted by Crippen LogP contribution is 2.22. The van der Waals surface area contributed by atoms with Gasteiger partial charge in [0.05, 0.1) is 4.90 Å². The number of hydrogen-bond donors (Lipinski definition) is 0. The van der Waals surface area contributed by atoms with Crippen LogP contribution >= 0.6 is 0 Å². The molecule has 2 aromatic rings. The number of nitrogens with zero attached hydrogens (tertiary/aromatic N) is 3. The Morgan fingerprint density at radius 1 is 1.03 bits per heavy atom. The number of sulfonamides is 1. The van der Waals surface area contributed by atoms with Gasteiger partial charge in [-0.15, -0.1) is 0 Å². The summed E-state index contributed by atoms with van der Waals surface area (Å²) in [6.45, 7) is 7.66. The summed E-state index contributed by atoms with van der Waals surface area (Å²) >= 11 is 0. The average Bonchev–Trinajstić information content (AvgIpc) is 2.69. The Hall–Kier alpha value is -2.25. The molecule has 1 saturated heterocycles. The van der Waals surface area contributed by atoms with E-state index in [4.69, 9.17) is 0 Å². The van der Waals surface area contributed by atoms with E-state index in [-0.39, 0.29) is 12.5 Å². The number of amides is 1. The van der Waals surface area contributed by atoms with Crippen LogP contribution in [0.4, 0.5) is 0 Å². The van der Waals surface area contributed by atoms with Crippen LogP contribution in [0.1, 0.15) is 30.0 Å². The molecule has 2 heterocycles. The van der Waals surface area contributed by atoms with Gasteiger partial charge in [0.2, 0.25) is 16.6 Å². The maximum Gasteiger partial charge on any atom is 0.288 e. The lowest BCUT2D eigenvalue weighted by molar-refractivity contribution is -0.685. The van der Waals surface area contributed by atoms with Crippen LogP contribution in [-0.2, 0) is 27.8 Å². The molecule has 1 amide bonds. The van der Waals surface area contributed by atoms with Gasteiger partial charge < -0.3 is 4.90 Å². The van der Waals surface area contributed by atoms with Crippen molar-refractivity contribution in [3.8, 4) is 0 Å². The molecule has 156 valence electrons. The Morgan fingerprint density at radius 2 is 1.69 bits per heavy atom. The number of benzene rings is 1. The molecule has 29 heavy (non-hydrogen) atoms. The zero-order valence-corrected chi connectivity index (χ0v) is 18.3. The second kappa shape index (κ2) is 9.05. The molecule has 0 N–H and O–H groups in total. The third-order valence-electron chi connectivity index (χ3n) is 5.36. The molecule has 0 radical (unpaired) electrons. The molecule has 0 unspecified atom stereocenters. The Morgan fingerprint density at radius 3 is 2.28 bits per heavy atom. The number of carbonyl (C=O) groups is 1. The van der Waals surface area contributed by atoms with Crippen molar-refractivity contribution in [2.45, 2.75) is 45.1 Å². The van der Waals surface area contributed by atoms with Gasteiger partial charge >= 0.3 is 0 Å². The summed E-state index contributed by atoms with van der Waals surface area (Å²) in [6, 6.07) is 9.48. The SMILES string of the molecule is CCCc1cc[n+](CC(=O)N2CCN(S(=O)(=O)c3ccc(C)cc3C)CC2)cc1. The first kappa shape index (κ1) is 21.5. The standard InChI is InChI=1S/C22H30N3O3S/c1-4-5-20-8-10-23(11-9-20)17-22(26)24-12-14-25(15-13-24)29(27,28)21-7-6-18(2)16-19(21)3/h6-11,16H,4-5,12-15,17H2,1-3H3/q+1. The Balaban J connectivity index is 1.60. The number of aryl methyl sites for hydroxylation is 3. The maximum absolute atomic E-state index is 13.0. The highest BCUT2D eigenvalue weighted by Gasteiger charge is 2.31. The minimum atomic E-state index is -3.54. The van der Waals surface area contributed by atoms with Crippen molar-refractivity contribution < 1.29 is 17.8 Å². The molecular weight excluding hydrogens is 386 g/mol. The summed E-state index contributed by atoms with van der Waals surface area (Å²) in [5.74, 6) is 0.0156. The average molecular weight is 417 g/mol. The first-order valence-electron chi connectivity index (χ1n) is 10.1. The summed E-state index contributed by atoms with van der Waals surface area (Å²) in [6.07, 6.45) is 6.00. The molecule has 3 rings (SSSR count). The Bertz CT molecular complexity index is 963. The fraction of sp³-hybridized carbons (Fsp3) is 0.455. The normalized spacial score (nSPS) is 15.5. The van der Waals surface area contributed by atoms with Crippen molar-refractivity contribution in [1.82, 2.24) is 9.21 Å². The van der Waals surface area contributed by atoms with E-state index in [2.05, 4.69) is 6.92 Å². The molecule has 1 aromatic carbocycles. The maximum atomic E-state index is 13.0. The third kappa shape index (κ3) is 5.03. The zero-order valence-electron chi connectivity index (χ0n) is 17.5. The molecule has 0 atom stereocenters. The molecule has 1 aliphatic heterocycles. The first-order valence-corrected chi connectivity index (χ1v) is 11.6. The zero-order chi connectivity index (χ0) is 21.0. The van der Waals surface area contributed by atoms with Gasteiger partial charge in [-0.3, -0.25) is 4.79 Å². The highest BCUT2D eigenvalue weighted by molar-refractivity contribution is 7.89.